The molecule has 1 aliphatic rings. The highest BCUT2D eigenvalue weighted by Gasteiger charge is 2.29. The number of rotatable bonds is 5. The Kier molecular flexibility index (Phi) is 5.64. The molecule has 0 bridgehead atoms. The van der Waals surface area contributed by atoms with E-state index in [2.05, 4.69) is 52.9 Å². The summed E-state index contributed by atoms with van der Waals surface area (Å²) in [5.74, 6) is 0. The maximum Gasteiger partial charge on any atom is 0.262 e. The number of nitrogens with zero attached hydrogens (tertiary/aromatic N) is 4. The highest BCUT2D eigenvalue weighted by molar-refractivity contribution is 7.89. The predicted octanol–water partition coefficient (Wildman–Crippen LogP) is 4.86. The van der Waals surface area contributed by atoms with Crippen molar-refractivity contribution >= 4 is 38.1 Å². The number of para-hydroxylation sites is 1. The Bertz CT molecular complexity index is 1470. The van der Waals surface area contributed by atoms with Crippen LogP contribution in [0, 0.1) is 6.92 Å². The number of benzene rings is 2. The van der Waals surface area contributed by atoms with E-state index in [1.54, 1.807) is 17.8 Å². The molecule has 0 spiro atoms. The molecule has 0 unspecified atom stereocenters. The number of aryl methyl sites for hydroxylation is 1. The van der Waals surface area contributed by atoms with Crippen LogP contribution in [0.25, 0.3) is 16.5 Å². The second kappa shape index (κ2) is 8.48. The zero-order valence-corrected chi connectivity index (χ0v) is 20.1. The van der Waals surface area contributed by atoms with Gasteiger partial charge in [0.1, 0.15) is 0 Å². The summed E-state index contributed by atoms with van der Waals surface area (Å²) in [7, 11) is -1.83. The highest BCUT2D eigenvalue weighted by Crippen LogP contribution is 2.35. The van der Waals surface area contributed by atoms with Crippen LogP contribution in [0.4, 0.5) is 0 Å². The van der Waals surface area contributed by atoms with Crippen molar-refractivity contribution in [1.29, 1.82) is 0 Å². The second-order valence-electron chi connectivity index (χ2n) is 8.41. The van der Waals surface area contributed by atoms with E-state index < -0.39 is 10.0 Å². The smallest absolute Gasteiger partial charge is 0.262 e. The molecule has 33 heavy (non-hydrogen) atoms. The first-order valence-electron chi connectivity index (χ1n) is 10.8. The minimum absolute atomic E-state index is 0.0950. The average Bonchev–Trinajstić information content (AvgIpc) is 3.37. The minimum atomic E-state index is -3.60. The van der Waals surface area contributed by atoms with Crippen LogP contribution in [0.3, 0.4) is 0 Å². The van der Waals surface area contributed by atoms with Gasteiger partial charge in [-0.25, -0.2) is 13.4 Å². The number of halogens is 1. The molecule has 0 saturated heterocycles. The predicted molar refractivity (Wildman–Crippen MR) is 132 cm³/mol. The van der Waals surface area contributed by atoms with E-state index in [-0.39, 0.29) is 5.03 Å². The van der Waals surface area contributed by atoms with Gasteiger partial charge in [0.25, 0.3) is 10.0 Å². The van der Waals surface area contributed by atoms with Gasteiger partial charge in [-0.2, -0.15) is 4.31 Å². The summed E-state index contributed by atoms with van der Waals surface area (Å²) in [6, 6.07) is 16.3. The Labute approximate surface area is 198 Å². The third kappa shape index (κ3) is 4.01. The largest absolute Gasteiger partial charge is 0.340 e. The fourth-order valence-corrected chi connectivity index (χ4v) is 6.04. The summed E-state index contributed by atoms with van der Waals surface area (Å²) in [6.45, 7) is 3.66. The van der Waals surface area contributed by atoms with Gasteiger partial charge in [0.15, 0.2) is 5.03 Å². The van der Waals surface area contributed by atoms with Crippen LogP contribution in [0.2, 0.25) is 5.02 Å². The summed E-state index contributed by atoms with van der Waals surface area (Å²) < 4.78 is 31.4. The fourth-order valence-electron chi connectivity index (χ4n) is 4.56. The lowest BCUT2D eigenvalue weighted by Gasteiger charge is -2.25. The molecule has 0 N–H and O–H groups in total. The molecule has 1 aliphatic heterocycles. The molecule has 3 heterocycles. The normalized spacial score (nSPS) is 15.2. The number of aromatic nitrogens is 3. The Balaban J connectivity index is 1.49. The summed E-state index contributed by atoms with van der Waals surface area (Å²) in [5.41, 5.74) is 5.92. The molecule has 4 aromatic rings. The topological polar surface area (TPSA) is 60.1 Å². The fraction of sp³-hybridized carbons (Fsp3) is 0.240. The second-order valence-corrected chi connectivity index (χ2v) is 10.7. The summed E-state index contributed by atoms with van der Waals surface area (Å²) in [6.07, 6.45) is 5.76. The molecule has 0 saturated carbocycles. The van der Waals surface area contributed by atoms with Gasteiger partial charge in [-0.05, 0) is 42.7 Å². The lowest BCUT2D eigenvalue weighted by atomic mass is 9.97. The number of sulfonamides is 1. The SMILES string of the molecule is Cc1c(C2=CCN(S(=O)(=O)c3cn(C)cn3)CC2)c2ccccc2n1Cc1ccc(Cl)cc1. The number of fused-ring (bicyclic) bond motifs is 1. The average molecular weight is 481 g/mol. The van der Waals surface area contributed by atoms with Crippen molar-refractivity contribution in [2.45, 2.75) is 24.9 Å². The molecule has 6 nitrogen and oxygen atoms in total. The summed E-state index contributed by atoms with van der Waals surface area (Å²) >= 11 is 6.06. The van der Waals surface area contributed by atoms with Crippen molar-refractivity contribution in [2.24, 2.45) is 7.05 Å². The Morgan fingerprint density at radius 2 is 1.85 bits per heavy atom. The third-order valence-corrected chi connectivity index (χ3v) is 8.27. The van der Waals surface area contributed by atoms with E-state index in [0.29, 0.717) is 19.5 Å². The molecule has 0 amide bonds. The molecular formula is C25H25ClN4O2S. The molecule has 2 aromatic heterocycles. The van der Waals surface area contributed by atoms with Crippen molar-refractivity contribution in [1.82, 2.24) is 18.4 Å². The van der Waals surface area contributed by atoms with Crippen LogP contribution in [0.1, 0.15) is 23.2 Å². The summed E-state index contributed by atoms with van der Waals surface area (Å²) in [5, 5.41) is 2.01. The zero-order chi connectivity index (χ0) is 23.2. The van der Waals surface area contributed by atoms with E-state index in [0.717, 1.165) is 11.6 Å². The Hall–Kier alpha value is -2.87. The molecule has 0 radical (unpaired) electrons. The standard InChI is InChI=1S/C25H25ClN4O2S/c1-18-25(20-11-13-29(14-12-20)33(31,32)24-16-28(2)17-27-24)22-5-3-4-6-23(22)30(18)15-19-7-9-21(26)10-8-19/h3-11,16-17H,12-15H2,1-2H3. The zero-order valence-electron chi connectivity index (χ0n) is 18.6. The highest BCUT2D eigenvalue weighted by atomic mass is 35.5. The molecule has 0 fully saturated rings. The molecule has 5 rings (SSSR count). The van der Waals surface area contributed by atoms with Crippen LogP contribution >= 0.6 is 11.6 Å². The summed E-state index contributed by atoms with van der Waals surface area (Å²) in [4.78, 5) is 4.04. The van der Waals surface area contributed by atoms with Gasteiger partial charge in [-0.1, -0.05) is 48.0 Å². The molecule has 2 aromatic carbocycles. The van der Waals surface area contributed by atoms with Gasteiger partial charge in [0, 0.05) is 60.1 Å². The van der Waals surface area contributed by atoms with Gasteiger partial charge >= 0.3 is 0 Å². The number of hydrogen-bond acceptors (Lipinski definition) is 3. The third-order valence-electron chi connectivity index (χ3n) is 6.26. The van der Waals surface area contributed by atoms with E-state index in [9.17, 15) is 8.42 Å². The first-order valence-corrected chi connectivity index (χ1v) is 12.7. The van der Waals surface area contributed by atoms with Gasteiger partial charge in [-0.3, -0.25) is 0 Å². The molecule has 0 aliphatic carbocycles. The quantitative estimate of drug-likeness (QED) is 0.409. The van der Waals surface area contributed by atoms with E-state index >= 15 is 0 Å². The lowest BCUT2D eigenvalue weighted by Crippen LogP contribution is -2.35. The molecule has 8 heteroatoms. The molecule has 170 valence electrons. The van der Waals surface area contributed by atoms with Gasteiger partial charge < -0.3 is 9.13 Å². The van der Waals surface area contributed by atoms with Crippen LogP contribution in [0.15, 0.2) is 72.2 Å². The van der Waals surface area contributed by atoms with Crippen molar-refractivity contribution in [3.8, 4) is 0 Å². The molecular weight excluding hydrogens is 456 g/mol. The molecule has 0 atom stereocenters. The van der Waals surface area contributed by atoms with Gasteiger partial charge in [-0.15, -0.1) is 0 Å². The van der Waals surface area contributed by atoms with Crippen molar-refractivity contribution in [3.05, 3.63) is 89.0 Å². The van der Waals surface area contributed by atoms with Crippen molar-refractivity contribution < 1.29 is 8.42 Å². The van der Waals surface area contributed by atoms with Crippen LogP contribution in [-0.4, -0.2) is 39.9 Å². The first-order chi connectivity index (χ1) is 15.8. The lowest BCUT2D eigenvalue weighted by molar-refractivity contribution is 0.439. The van der Waals surface area contributed by atoms with Crippen LogP contribution in [-0.2, 0) is 23.6 Å². The first kappa shape index (κ1) is 21.9. The van der Waals surface area contributed by atoms with Crippen molar-refractivity contribution in [2.75, 3.05) is 13.1 Å². The number of imidazole rings is 1. The Morgan fingerprint density at radius 1 is 1.09 bits per heavy atom. The van der Waals surface area contributed by atoms with E-state index in [1.165, 1.54) is 43.9 Å². The minimum Gasteiger partial charge on any atom is -0.340 e. The monoisotopic (exact) mass is 480 g/mol. The Morgan fingerprint density at radius 3 is 2.52 bits per heavy atom. The van der Waals surface area contributed by atoms with Crippen LogP contribution < -0.4 is 0 Å². The van der Waals surface area contributed by atoms with E-state index in [4.69, 9.17) is 11.6 Å². The van der Waals surface area contributed by atoms with Crippen molar-refractivity contribution in [3.63, 3.8) is 0 Å². The maximum atomic E-state index is 13.0. The maximum absolute atomic E-state index is 13.0. The van der Waals surface area contributed by atoms with Gasteiger partial charge in [0.05, 0.1) is 6.33 Å². The van der Waals surface area contributed by atoms with Gasteiger partial charge in [0.2, 0.25) is 0 Å². The van der Waals surface area contributed by atoms with E-state index in [1.807, 2.05) is 18.2 Å². The van der Waals surface area contributed by atoms with Crippen LogP contribution in [0.5, 0.6) is 0 Å². The number of hydrogen-bond donors (Lipinski definition) is 0.